The molecule has 1 saturated heterocycles. The lowest BCUT2D eigenvalue weighted by atomic mass is 9.69. The zero-order valence-corrected chi connectivity index (χ0v) is 15.8. The van der Waals surface area contributed by atoms with Crippen LogP contribution < -0.4 is 0 Å². The second-order valence-corrected chi connectivity index (χ2v) is 10.3. The zero-order valence-electron chi connectivity index (χ0n) is 15.0. The fourth-order valence-electron chi connectivity index (χ4n) is 5.61. The number of hydrogen-bond acceptors (Lipinski definition) is 3. The highest BCUT2D eigenvalue weighted by molar-refractivity contribution is 7.90. The van der Waals surface area contributed by atoms with E-state index in [0.29, 0.717) is 5.92 Å². The van der Waals surface area contributed by atoms with Gasteiger partial charge in [-0.15, -0.1) is 0 Å². The molecule has 134 valence electrons. The van der Waals surface area contributed by atoms with E-state index in [9.17, 15) is 13.2 Å². The van der Waals surface area contributed by atoms with Crippen LogP contribution in [0.15, 0.2) is 36.4 Å². The SMILES string of the molecule is C/C(=C\C(=O)N1[C@@H]2C[C@H]3CC[C@]2(CS1(=O)=O)C3(C)C)c1ccccc1. The van der Waals surface area contributed by atoms with E-state index < -0.39 is 10.0 Å². The Morgan fingerprint density at radius 1 is 1.24 bits per heavy atom. The van der Waals surface area contributed by atoms with Crippen molar-refractivity contribution in [3.05, 3.63) is 42.0 Å². The van der Waals surface area contributed by atoms with Gasteiger partial charge in [-0.3, -0.25) is 4.79 Å². The zero-order chi connectivity index (χ0) is 18.0. The molecule has 0 unspecified atom stereocenters. The molecule has 3 aliphatic rings. The van der Waals surface area contributed by atoms with Crippen LogP contribution in [0, 0.1) is 16.7 Å². The Morgan fingerprint density at radius 3 is 2.56 bits per heavy atom. The average molecular weight is 359 g/mol. The van der Waals surface area contributed by atoms with Crippen LogP contribution >= 0.6 is 0 Å². The maximum Gasteiger partial charge on any atom is 0.260 e. The van der Waals surface area contributed by atoms with Crippen molar-refractivity contribution in [3.8, 4) is 0 Å². The number of amides is 1. The molecule has 0 aromatic heterocycles. The van der Waals surface area contributed by atoms with E-state index in [4.69, 9.17) is 0 Å². The minimum Gasteiger partial charge on any atom is -0.269 e. The Kier molecular flexibility index (Phi) is 3.50. The highest BCUT2D eigenvalue weighted by Gasteiger charge is 2.72. The van der Waals surface area contributed by atoms with Gasteiger partial charge in [0.15, 0.2) is 0 Å². The number of allylic oxidation sites excluding steroid dienone is 1. The van der Waals surface area contributed by atoms with Gasteiger partial charge in [-0.2, -0.15) is 0 Å². The van der Waals surface area contributed by atoms with Gasteiger partial charge in [-0.05, 0) is 48.7 Å². The highest BCUT2D eigenvalue weighted by Crippen LogP contribution is 2.69. The summed E-state index contributed by atoms with van der Waals surface area (Å²) in [6.45, 7) is 6.24. The fraction of sp³-hybridized carbons (Fsp3) is 0.550. The molecule has 1 aromatic carbocycles. The first-order valence-electron chi connectivity index (χ1n) is 8.99. The summed E-state index contributed by atoms with van der Waals surface area (Å²) in [6.07, 6.45) is 4.31. The van der Waals surface area contributed by atoms with Crippen molar-refractivity contribution in [1.29, 1.82) is 0 Å². The molecule has 1 spiro atoms. The van der Waals surface area contributed by atoms with Gasteiger partial charge in [0.2, 0.25) is 10.0 Å². The smallest absolute Gasteiger partial charge is 0.260 e. The van der Waals surface area contributed by atoms with Gasteiger partial charge in [0, 0.05) is 11.5 Å². The van der Waals surface area contributed by atoms with Crippen LogP contribution in [-0.2, 0) is 14.8 Å². The van der Waals surface area contributed by atoms with Crippen molar-refractivity contribution in [2.75, 3.05) is 5.75 Å². The third-order valence-electron chi connectivity index (χ3n) is 7.20. The van der Waals surface area contributed by atoms with E-state index in [1.165, 1.54) is 10.4 Å². The van der Waals surface area contributed by atoms with Crippen molar-refractivity contribution in [1.82, 2.24) is 4.31 Å². The minimum absolute atomic E-state index is 0.0159. The van der Waals surface area contributed by atoms with Gasteiger partial charge in [-0.1, -0.05) is 44.2 Å². The Hall–Kier alpha value is -1.62. The summed E-state index contributed by atoms with van der Waals surface area (Å²) in [4.78, 5) is 12.9. The summed E-state index contributed by atoms with van der Waals surface area (Å²) < 4.78 is 27.0. The summed E-state index contributed by atoms with van der Waals surface area (Å²) in [5.74, 6) is 0.257. The molecular formula is C20H25NO3S. The van der Waals surface area contributed by atoms with E-state index in [-0.39, 0.29) is 28.5 Å². The van der Waals surface area contributed by atoms with Gasteiger partial charge in [0.25, 0.3) is 5.91 Å². The van der Waals surface area contributed by atoms with Crippen LogP contribution in [0.1, 0.15) is 45.6 Å². The number of carbonyl (C=O) groups excluding carboxylic acids is 1. The lowest BCUT2D eigenvalue weighted by Gasteiger charge is -2.36. The second-order valence-electron chi connectivity index (χ2n) is 8.45. The van der Waals surface area contributed by atoms with Crippen molar-refractivity contribution in [2.45, 2.75) is 46.1 Å². The molecule has 0 radical (unpaired) electrons. The molecule has 1 heterocycles. The molecular weight excluding hydrogens is 334 g/mol. The first-order valence-corrected chi connectivity index (χ1v) is 10.6. The average Bonchev–Trinajstić information content (AvgIpc) is 3.02. The van der Waals surface area contributed by atoms with Crippen LogP contribution in [0.3, 0.4) is 0 Å². The first-order chi connectivity index (χ1) is 11.7. The van der Waals surface area contributed by atoms with Gasteiger partial charge >= 0.3 is 0 Å². The number of fused-ring (bicyclic) bond motifs is 1. The van der Waals surface area contributed by atoms with E-state index in [1.807, 2.05) is 37.3 Å². The predicted octanol–water partition coefficient (Wildman–Crippen LogP) is 3.46. The minimum atomic E-state index is -3.55. The largest absolute Gasteiger partial charge is 0.269 e. The van der Waals surface area contributed by atoms with Gasteiger partial charge < -0.3 is 0 Å². The molecule has 1 amide bonds. The maximum absolute atomic E-state index is 12.9. The number of benzene rings is 1. The third kappa shape index (κ3) is 2.17. The third-order valence-corrected chi connectivity index (χ3v) is 9.11. The van der Waals surface area contributed by atoms with E-state index >= 15 is 0 Å². The molecule has 2 bridgehead atoms. The standard InChI is InChI=1S/C20H25NO3S/c1-14(15-7-5-4-6-8-15)11-18(22)21-17-12-16-9-10-20(17,19(16,2)3)13-25(21,23)24/h4-8,11,16-17H,9-10,12-13H2,1-3H3/b14-11+/t16-,17-,20-/m1/s1. The van der Waals surface area contributed by atoms with E-state index in [2.05, 4.69) is 13.8 Å². The summed E-state index contributed by atoms with van der Waals surface area (Å²) in [7, 11) is -3.55. The van der Waals surface area contributed by atoms with Gasteiger partial charge in [-0.25, -0.2) is 12.7 Å². The summed E-state index contributed by atoms with van der Waals surface area (Å²) in [5.41, 5.74) is 1.46. The van der Waals surface area contributed by atoms with E-state index in [1.54, 1.807) is 0 Å². The predicted molar refractivity (Wildman–Crippen MR) is 98.1 cm³/mol. The monoisotopic (exact) mass is 359 g/mol. The van der Waals surface area contributed by atoms with Crippen LogP contribution in [0.2, 0.25) is 0 Å². The number of rotatable bonds is 2. The van der Waals surface area contributed by atoms with Crippen molar-refractivity contribution >= 4 is 21.5 Å². The van der Waals surface area contributed by atoms with Gasteiger partial charge in [0.1, 0.15) is 0 Å². The van der Waals surface area contributed by atoms with Crippen molar-refractivity contribution in [3.63, 3.8) is 0 Å². The van der Waals surface area contributed by atoms with Crippen LogP contribution in [0.5, 0.6) is 0 Å². The van der Waals surface area contributed by atoms with Crippen molar-refractivity contribution < 1.29 is 13.2 Å². The molecule has 4 rings (SSSR count). The molecule has 1 aliphatic heterocycles. The topological polar surface area (TPSA) is 54.5 Å². The van der Waals surface area contributed by atoms with E-state index in [0.717, 1.165) is 30.4 Å². The Labute approximate surface area is 150 Å². The van der Waals surface area contributed by atoms with Crippen LogP contribution in [0.25, 0.3) is 5.57 Å². The van der Waals surface area contributed by atoms with Gasteiger partial charge in [0.05, 0.1) is 11.8 Å². The number of hydrogen-bond donors (Lipinski definition) is 0. The molecule has 0 N–H and O–H groups in total. The lowest BCUT2D eigenvalue weighted by Crippen LogP contribution is -2.43. The number of carbonyl (C=O) groups is 1. The second kappa shape index (κ2) is 5.19. The Morgan fingerprint density at radius 2 is 1.92 bits per heavy atom. The Bertz CT molecular complexity index is 856. The molecule has 1 aromatic rings. The molecule has 2 aliphatic carbocycles. The molecule has 3 atom stereocenters. The first kappa shape index (κ1) is 16.8. The molecule has 5 heteroatoms. The van der Waals surface area contributed by atoms with Crippen molar-refractivity contribution in [2.24, 2.45) is 16.7 Å². The normalized spacial score (nSPS) is 35.0. The summed E-state index contributed by atoms with van der Waals surface area (Å²) >= 11 is 0. The fourth-order valence-corrected chi connectivity index (χ4v) is 8.11. The lowest BCUT2D eigenvalue weighted by molar-refractivity contribution is -0.123. The molecule has 2 saturated carbocycles. The molecule has 4 nitrogen and oxygen atoms in total. The quantitative estimate of drug-likeness (QED) is 0.760. The Balaban J connectivity index is 1.70. The maximum atomic E-state index is 12.9. The number of nitrogens with zero attached hydrogens (tertiary/aromatic N) is 1. The molecule has 3 fully saturated rings. The summed E-state index contributed by atoms with van der Waals surface area (Å²) in [6, 6.07) is 9.44. The van der Waals surface area contributed by atoms with Crippen LogP contribution in [-0.4, -0.2) is 30.4 Å². The number of sulfonamides is 1. The highest BCUT2D eigenvalue weighted by atomic mass is 32.2. The summed E-state index contributed by atoms with van der Waals surface area (Å²) in [5, 5.41) is 0. The van der Waals surface area contributed by atoms with Crippen LogP contribution in [0.4, 0.5) is 0 Å². The molecule has 25 heavy (non-hydrogen) atoms.